The van der Waals surface area contributed by atoms with Gasteiger partial charge in [0.2, 0.25) is 0 Å². The second kappa shape index (κ2) is 14.1. The Kier molecular flexibility index (Phi) is 8.24. The number of H-pyrrole nitrogens is 2. The number of rotatable bonds is 4. The lowest BCUT2D eigenvalue weighted by Gasteiger charge is -2.06. The first-order valence-corrected chi connectivity index (χ1v) is 18.3. The standard InChI is InChI=1S/C49H31N7/c1-3-11-33(12-4-1)48-42-21-18-35(52-42)31-36-19-22-43(53-36)49(34-13-5-2-6-14-34)45-26-24-39(55-45)37(38-23-25-44(48)54-38)20-17-32-29-46(40-15-7-9-27-50-40)56-47(30-32)41-16-8-10-28-51-41/h1-16,18-19,21-31,52,55H. The molecule has 0 aliphatic carbocycles. The fourth-order valence-corrected chi connectivity index (χ4v) is 7.12. The summed E-state index contributed by atoms with van der Waals surface area (Å²) < 4.78 is 0. The molecule has 0 spiro atoms. The number of pyridine rings is 3. The maximum Gasteiger partial charge on any atom is 0.0906 e. The lowest BCUT2D eigenvalue weighted by Crippen LogP contribution is -1.94. The molecule has 6 aromatic heterocycles. The smallest absolute Gasteiger partial charge is 0.0906 e. The molecular formula is C49H31N7. The summed E-state index contributed by atoms with van der Waals surface area (Å²) in [6.45, 7) is 0. The largest absolute Gasteiger partial charge is 0.355 e. The van der Waals surface area contributed by atoms with Gasteiger partial charge in [-0.1, -0.05) is 84.6 Å². The molecule has 0 saturated carbocycles. The molecule has 7 heteroatoms. The molecule has 2 aliphatic heterocycles. The Morgan fingerprint density at radius 1 is 0.411 bits per heavy atom. The van der Waals surface area contributed by atoms with E-state index in [0.29, 0.717) is 11.4 Å². The van der Waals surface area contributed by atoms with Crippen LogP contribution in [0.5, 0.6) is 0 Å². The van der Waals surface area contributed by atoms with E-state index in [1.54, 1.807) is 12.4 Å². The lowest BCUT2D eigenvalue weighted by atomic mass is 10.0. The van der Waals surface area contributed by atoms with Gasteiger partial charge < -0.3 is 9.97 Å². The molecule has 0 fully saturated rings. The van der Waals surface area contributed by atoms with Gasteiger partial charge in [0.05, 0.1) is 56.6 Å². The van der Waals surface area contributed by atoms with Crippen LogP contribution in [0, 0.1) is 11.8 Å². The van der Waals surface area contributed by atoms with Crippen LogP contribution in [0.4, 0.5) is 0 Å². The van der Waals surface area contributed by atoms with Crippen LogP contribution in [0.25, 0.3) is 91.4 Å². The zero-order valence-electron chi connectivity index (χ0n) is 30.0. The number of hydrogen-bond donors (Lipinski definition) is 2. The molecule has 10 rings (SSSR count). The summed E-state index contributed by atoms with van der Waals surface area (Å²) in [5, 5.41) is 0. The fourth-order valence-electron chi connectivity index (χ4n) is 7.12. The second-order valence-electron chi connectivity index (χ2n) is 13.4. The van der Waals surface area contributed by atoms with E-state index in [9.17, 15) is 0 Å². The third-order valence-electron chi connectivity index (χ3n) is 9.71. The van der Waals surface area contributed by atoms with Gasteiger partial charge >= 0.3 is 0 Å². The van der Waals surface area contributed by atoms with Gasteiger partial charge in [-0.2, -0.15) is 0 Å². The van der Waals surface area contributed by atoms with Crippen LogP contribution < -0.4 is 0 Å². The van der Waals surface area contributed by atoms with Crippen molar-refractivity contribution in [3.63, 3.8) is 0 Å². The molecule has 7 nitrogen and oxygen atoms in total. The van der Waals surface area contributed by atoms with E-state index in [4.69, 9.17) is 15.0 Å². The number of aromatic amines is 2. The summed E-state index contributed by atoms with van der Waals surface area (Å²) in [5.74, 6) is 7.05. The quantitative estimate of drug-likeness (QED) is 0.177. The highest BCUT2D eigenvalue weighted by Crippen LogP contribution is 2.33. The average Bonchev–Trinajstić information content (AvgIpc) is 4.10. The SMILES string of the molecule is C(#Cc1c2nc(c(-c3ccccc3)c3ccc(cc4nc(c(-c5ccccc5)c5ccc1[nH]5)C=C4)[nH]3)C=C2)c1cc(-c2ccccn2)nc(-c2ccccn2)c1. The molecule has 8 aromatic rings. The van der Waals surface area contributed by atoms with Crippen molar-refractivity contribution in [2.45, 2.75) is 0 Å². The highest BCUT2D eigenvalue weighted by Gasteiger charge is 2.16. The van der Waals surface area contributed by atoms with Gasteiger partial charge in [-0.15, -0.1) is 0 Å². The minimum atomic E-state index is 0.713. The van der Waals surface area contributed by atoms with Crippen molar-refractivity contribution in [2.75, 3.05) is 0 Å². The molecule has 2 aliphatic rings. The van der Waals surface area contributed by atoms with E-state index < -0.39 is 0 Å². The highest BCUT2D eigenvalue weighted by molar-refractivity contribution is 5.94. The maximum atomic E-state index is 5.30. The summed E-state index contributed by atoms with van der Waals surface area (Å²) in [7, 11) is 0. The Morgan fingerprint density at radius 3 is 1.64 bits per heavy atom. The van der Waals surface area contributed by atoms with E-state index in [0.717, 1.165) is 89.6 Å². The van der Waals surface area contributed by atoms with Crippen molar-refractivity contribution in [3.05, 3.63) is 186 Å². The average molecular weight is 718 g/mol. The first-order chi connectivity index (χ1) is 27.7. The molecule has 2 N–H and O–H groups in total. The van der Waals surface area contributed by atoms with Crippen molar-refractivity contribution in [1.82, 2.24) is 34.9 Å². The van der Waals surface area contributed by atoms with Crippen LogP contribution in [0.1, 0.15) is 33.9 Å². The summed E-state index contributed by atoms with van der Waals surface area (Å²) in [5.41, 5.74) is 15.5. The van der Waals surface area contributed by atoms with E-state index >= 15 is 0 Å². The molecule has 2 aromatic carbocycles. The number of fused-ring (bicyclic) bond motifs is 8. The maximum absolute atomic E-state index is 5.30. The summed E-state index contributed by atoms with van der Waals surface area (Å²) in [6.07, 6.45) is 11.8. The van der Waals surface area contributed by atoms with Crippen molar-refractivity contribution >= 4 is 46.4 Å². The van der Waals surface area contributed by atoms with Crippen LogP contribution in [-0.4, -0.2) is 34.9 Å². The van der Waals surface area contributed by atoms with E-state index in [2.05, 4.69) is 111 Å². The summed E-state index contributed by atoms with van der Waals surface area (Å²) >= 11 is 0. The third-order valence-corrected chi connectivity index (χ3v) is 9.71. The molecular weight excluding hydrogens is 687 g/mol. The van der Waals surface area contributed by atoms with E-state index in [1.165, 1.54) is 0 Å². The van der Waals surface area contributed by atoms with Gasteiger partial charge in [0.15, 0.2) is 0 Å². The zero-order chi connectivity index (χ0) is 37.3. The Labute approximate surface area is 322 Å². The number of benzene rings is 2. The number of hydrogen-bond acceptors (Lipinski definition) is 5. The van der Waals surface area contributed by atoms with Crippen LogP contribution in [0.3, 0.4) is 0 Å². The van der Waals surface area contributed by atoms with Gasteiger partial charge in [-0.3, -0.25) is 9.97 Å². The van der Waals surface area contributed by atoms with Gasteiger partial charge in [0.1, 0.15) is 0 Å². The Bertz CT molecular complexity index is 2960. The monoisotopic (exact) mass is 717 g/mol. The number of nitrogens with one attached hydrogen (secondary N) is 2. The van der Waals surface area contributed by atoms with Gasteiger partial charge in [-0.25, -0.2) is 15.0 Å². The van der Waals surface area contributed by atoms with Gasteiger partial charge in [0.25, 0.3) is 0 Å². The molecule has 56 heavy (non-hydrogen) atoms. The Balaban J connectivity index is 1.27. The lowest BCUT2D eigenvalue weighted by molar-refractivity contribution is 1.21. The first kappa shape index (κ1) is 32.7. The minimum Gasteiger partial charge on any atom is -0.355 e. The summed E-state index contributed by atoms with van der Waals surface area (Å²) in [4.78, 5) is 31.9. The van der Waals surface area contributed by atoms with E-state index in [1.807, 2.05) is 84.9 Å². The third kappa shape index (κ3) is 6.38. The zero-order valence-corrected chi connectivity index (χ0v) is 30.0. The van der Waals surface area contributed by atoms with Crippen molar-refractivity contribution in [3.8, 4) is 56.9 Å². The normalized spacial score (nSPS) is 11.6. The van der Waals surface area contributed by atoms with Crippen molar-refractivity contribution in [1.29, 1.82) is 0 Å². The van der Waals surface area contributed by atoms with E-state index in [-0.39, 0.29) is 0 Å². The highest BCUT2D eigenvalue weighted by atomic mass is 14.8. The Morgan fingerprint density at radius 2 is 0.982 bits per heavy atom. The minimum absolute atomic E-state index is 0.713. The summed E-state index contributed by atoms with van der Waals surface area (Å²) in [6, 6.07) is 46.7. The second-order valence-corrected chi connectivity index (χ2v) is 13.4. The molecule has 8 bridgehead atoms. The molecule has 0 radical (unpaired) electrons. The molecule has 8 heterocycles. The molecule has 0 atom stereocenters. The topological polar surface area (TPSA) is 96.0 Å². The van der Waals surface area contributed by atoms with Gasteiger partial charge in [-0.05, 0) is 102 Å². The predicted octanol–water partition coefficient (Wildman–Crippen LogP) is 10.9. The molecule has 0 unspecified atom stereocenters. The van der Waals surface area contributed by atoms with Crippen LogP contribution >= 0.6 is 0 Å². The fraction of sp³-hybridized carbons (Fsp3) is 0. The molecule has 262 valence electrons. The van der Waals surface area contributed by atoms with Crippen LogP contribution in [-0.2, 0) is 0 Å². The number of aromatic nitrogens is 7. The predicted molar refractivity (Wildman–Crippen MR) is 226 cm³/mol. The first-order valence-electron chi connectivity index (χ1n) is 18.3. The molecule has 0 amide bonds. The number of nitrogens with zero attached hydrogens (tertiary/aromatic N) is 5. The Hall–Kier alpha value is -7.95. The molecule has 0 saturated heterocycles. The van der Waals surface area contributed by atoms with Crippen LogP contribution in [0.2, 0.25) is 0 Å². The van der Waals surface area contributed by atoms with Crippen molar-refractivity contribution in [2.24, 2.45) is 0 Å². The van der Waals surface area contributed by atoms with Crippen molar-refractivity contribution < 1.29 is 0 Å². The van der Waals surface area contributed by atoms with Crippen LogP contribution in [0.15, 0.2) is 152 Å². The van der Waals surface area contributed by atoms with Gasteiger partial charge in [0, 0.05) is 45.6 Å².